The standard InChI is InChI=1S/C23H19F5N2O2S/c24-11-10-15-12-16(23(26,27)28)5-8-18(15)20-7-4-14-13-17(6-9-19(14)20)33(31,32)30-22-3-1-2-21(25)29-22/h1-3,5-6,8-9,12-13,20H,4,7,10-11H2,(H,29,30). The van der Waals surface area contributed by atoms with Crippen LogP contribution < -0.4 is 4.72 Å². The number of aromatic nitrogens is 1. The van der Waals surface area contributed by atoms with Gasteiger partial charge in [0.15, 0.2) is 0 Å². The number of hydrogen-bond acceptors (Lipinski definition) is 3. The van der Waals surface area contributed by atoms with E-state index in [-0.39, 0.29) is 23.1 Å². The van der Waals surface area contributed by atoms with Crippen molar-refractivity contribution in [3.05, 3.63) is 88.4 Å². The van der Waals surface area contributed by atoms with Crippen LogP contribution in [0.4, 0.5) is 27.8 Å². The summed E-state index contributed by atoms with van der Waals surface area (Å²) in [6.07, 6.45) is -3.59. The Bertz CT molecular complexity index is 1290. The number of nitrogens with one attached hydrogen (secondary N) is 1. The minimum absolute atomic E-state index is 0.0376. The van der Waals surface area contributed by atoms with Crippen LogP contribution in [0.25, 0.3) is 0 Å². The molecule has 33 heavy (non-hydrogen) atoms. The zero-order chi connectivity index (χ0) is 23.8. The van der Waals surface area contributed by atoms with Crippen molar-refractivity contribution < 1.29 is 30.4 Å². The predicted molar refractivity (Wildman–Crippen MR) is 113 cm³/mol. The molecule has 1 heterocycles. The second kappa shape index (κ2) is 8.74. The third kappa shape index (κ3) is 4.85. The van der Waals surface area contributed by atoms with Crippen LogP contribution in [0.1, 0.15) is 40.2 Å². The summed E-state index contributed by atoms with van der Waals surface area (Å²) in [5.41, 5.74) is 1.60. The number of hydrogen-bond donors (Lipinski definition) is 1. The van der Waals surface area contributed by atoms with Crippen molar-refractivity contribution in [1.82, 2.24) is 4.98 Å². The average molecular weight is 482 g/mol. The predicted octanol–water partition coefficient (Wildman–Crippen LogP) is 5.63. The maximum Gasteiger partial charge on any atom is 0.416 e. The lowest BCUT2D eigenvalue weighted by Crippen LogP contribution is -2.14. The monoisotopic (exact) mass is 482 g/mol. The van der Waals surface area contributed by atoms with Gasteiger partial charge in [0.05, 0.1) is 17.1 Å². The fourth-order valence-corrected chi connectivity index (χ4v) is 5.24. The minimum atomic E-state index is -4.52. The van der Waals surface area contributed by atoms with E-state index in [9.17, 15) is 30.4 Å². The van der Waals surface area contributed by atoms with E-state index < -0.39 is 34.4 Å². The molecule has 0 bridgehead atoms. The summed E-state index contributed by atoms with van der Waals surface area (Å²) in [7, 11) is -4.03. The Labute approximate surface area is 187 Å². The van der Waals surface area contributed by atoms with E-state index in [2.05, 4.69) is 9.71 Å². The SMILES string of the molecule is O=S(=O)(Nc1cccc(F)n1)c1ccc2c(c1)CCC2c1ccc(C(F)(F)F)cc1CCF. The van der Waals surface area contributed by atoms with E-state index in [1.54, 1.807) is 6.07 Å². The molecule has 1 aromatic heterocycles. The number of nitrogens with zero attached hydrogens (tertiary/aromatic N) is 1. The van der Waals surface area contributed by atoms with Gasteiger partial charge in [-0.05, 0) is 71.5 Å². The van der Waals surface area contributed by atoms with Gasteiger partial charge in [0, 0.05) is 12.3 Å². The molecular formula is C23H19F5N2O2S. The highest BCUT2D eigenvalue weighted by molar-refractivity contribution is 7.92. The lowest BCUT2D eigenvalue weighted by molar-refractivity contribution is -0.137. The van der Waals surface area contributed by atoms with Gasteiger partial charge in [-0.3, -0.25) is 9.11 Å². The van der Waals surface area contributed by atoms with Crippen LogP contribution in [0.3, 0.4) is 0 Å². The van der Waals surface area contributed by atoms with E-state index in [1.807, 2.05) is 0 Å². The van der Waals surface area contributed by atoms with Gasteiger partial charge < -0.3 is 0 Å². The number of sulfonamides is 1. The van der Waals surface area contributed by atoms with Crippen LogP contribution in [0, 0.1) is 5.95 Å². The summed E-state index contributed by atoms with van der Waals surface area (Å²) in [6.45, 7) is -0.787. The van der Waals surface area contributed by atoms with Crippen LogP contribution in [0.15, 0.2) is 59.5 Å². The maximum absolute atomic E-state index is 13.3. The zero-order valence-corrected chi connectivity index (χ0v) is 18.0. The highest BCUT2D eigenvalue weighted by atomic mass is 32.2. The summed E-state index contributed by atoms with van der Waals surface area (Å²) in [6, 6.07) is 11.6. The largest absolute Gasteiger partial charge is 0.416 e. The van der Waals surface area contributed by atoms with Gasteiger partial charge in [0.25, 0.3) is 10.0 Å². The first-order valence-corrected chi connectivity index (χ1v) is 11.6. The smallest absolute Gasteiger partial charge is 0.263 e. The van der Waals surface area contributed by atoms with E-state index in [0.717, 1.165) is 29.3 Å². The Balaban J connectivity index is 1.65. The molecule has 1 atom stereocenters. The summed E-state index contributed by atoms with van der Waals surface area (Å²) in [5, 5.41) is 0. The van der Waals surface area contributed by atoms with Crippen molar-refractivity contribution in [2.75, 3.05) is 11.4 Å². The number of rotatable bonds is 6. The molecule has 0 aliphatic heterocycles. The molecule has 0 fully saturated rings. The summed E-state index contributed by atoms with van der Waals surface area (Å²) in [5.74, 6) is -1.25. The molecule has 3 aromatic rings. The van der Waals surface area contributed by atoms with E-state index in [1.165, 1.54) is 30.3 Å². The Kier molecular flexibility index (Phi) is 6.13. The lowest BCUT2D eigenvalue weighted by Gasteiger charge is -2.19. The molecule has 4 nitrogen and oxygen atoms in total. The Morgan fingerprint density at radius 3 is 2.48 bits per heavy atom. The molecule has 1 aliphatic carbocycles. The molecule has 174 valence electrons. The number of aryl methyl sites for hydroxylation is 2. The second-order valence-electron chi connectivity index (χ2n) is 7.75. The highest BCUT2D eigenvalue weighted by Gasteiger charge is 2.33. The van der Waals surface area contributed by atoms with Crippen LogP contribution in [-0.4, -0.2) is 20.1 Å². The number of fused-ring (bicyclic) bond motifs is 1. The fraction of sp³-hybridized carbons (Fsp3) is 0.261. The van der Waals surface area contributed by atoms with Crippen LogP contribution in [0.5, 0.6) is 0 Å². The summed E-state index contributed by atoms with van der Waals surface area (Å²) < 4.78 is 93.3. The van der Waals surface area contributed by atoms with Gasteiger partial charge in [-0.25, -0.2) is 13.4 Å². The number of pyridine rings is 1. The van der Waals surface area contributed by atoms with Gasteiger partial charge >= 0.3 is 6.18 Å². The van der Waals surface area contributed by atoms with E-state index >= 15 is 0 Å². The second-order valence-corrected chi connectivity index (χ2v) is 9.44. The van der Waals surface area contributed by atoms with Crippen molar-refractivity contribution in [3.63, 3.8) is 0 Å². The molecule has 4 rings (SSSR count). The van der Waals surface area contributed by atoms with Gasteiger partial charge in [0.1, 0.15) is 5.82 Å². The molecule has 0 radical (unpaired) electrons. The van der Waals surface area contributed by atoms with Gasteiger partial charge in [-0.1, -0.05) is 18.2 Å². The Morgan fingerprint density at radius 2 is 1.79 bits per heavy atom. The number of alkyl halides is 4. The minimum Gasteiger partial charge on any atom is -0.263 e. The van der Waals surface area contributed by atoms with Gasteiger partial charge in [-0.2, -0.15) is 17.6 Å². The third-order valence-electron chi connectivity index (χ3n) is 5.67. The van der Waals surface area contributed by atoms with Gasteiger partial charge in [0.2, 0.25) is 5.95 Å². The average Bonchev–Trinajstić information content (AvgIpc) is 3.16. The van der Waals surface area contributed by atoms with Crippen LogP contribution in [0.2, 0.25) is 0 Å². The third-order valence-corrected chi connectivity index (χ3v) is 7.02. The van der Waals surface area contributed by atoms with Crippen molar-refractivity contribution in [2.45, 2.75) is 36.3 Å². The first-order valence-electron chi connectivity index (χ1n) is 10.1. The number of benzene rings is 2. The van der Waals surface area contributed by atoms with E-state index in [4.69, 9.17) is 0 Å². The van der Waals surface area contributed by atoms with Crippen LogP contribution >= 0.6 is 0 Å². The molecule has 0 spiro atoms. The molecule has 10 heteroatoms. The van der Waals surface area contributed by atoms with Crippen molar-refractivity contribution in [1.29, 1.82) is 0 Å². The first kappa shape index (κ1) is 23.2. The zero-order valence-electron chi connectivity index (χ0n) is 17.2. The topological polar surface area (TPSA) is 59.1 Å². The molecule has 1 N–H and O–H groups in total. The molecule has 0 amide bonds. The van der Waals surface area contributed by atoms with E-state index in [0.29, 0.717) is 24.0 Å². The molecule has 1 unspecified atom stereocenters. The number of anilines is 1. The first-order chi connectivity index (χ1) is 15.6. The van der Waals surface area contributed by atoms with Crippen molar-refractivity contribution in [2.24, 2.45) is 0 Å². The van der Waals surface area contributed by atoms with Crippen LogP contribution in [-0.2, 0) is 29.0 Å². The van der Waals surface area contributed by atoms with Crippen molar-refractivity contribution >= 4 is 15.8 Å². The Morgan fingerprint density at radius 1 is 1.03 bits per heavy atom. The highest BCUT2D eigenvalue weighted by Crippen LogP contribution is 2.42. The quantitative estimate of drug-likeness (QED) is 0.366. The molecular weight excluding hydrogens is 463 g/mol. The number of halogens is 5. The normalized spacial score (nSPS) is 16.0. The fourth-order valence-electron chi connectivity index (χ4n) is 4.19. The Hall–Kier alpha value is -3.01. The van der Waals surface area contributed by atoms with Gasteiger partial charge in [-0.15, -0.1) is 0 Å². The lowest BCUT2D eigenvalue weighted by atomic mass is 9.87. The molecule has 0 saturated carbocycles. The molecule has 2 aromatic carbocycles. The maximum atomic E-state index is 13.3. The summed E-state index contributed by atoms with van der Waals surface area (Å²) in [4.78, 5) is 3.45. The summed E-state index contributed by atoms with van der Waals surface area (Å²) >= 11 is 0. The van der Waals surface area contributed by atoms with Crippen molar-refractivity contribution in [3.8, 4) is 0 Å². The molecule has 1 aliphatic rings. The molecule has 0 saturated heterocycles.